The van der Waals surface area contributed by atoms with Gasteiger partial charge in [0.1, 0.15) is 0 Å². The average Bonchev–Trinajstić information content (AvgIpc) is 2.61. The van der Waals surface area contributed by atoms with Crippen molar-refractivity contribution in [2.45, 2.75) is 4.90 Å². The molecule has 2 N–H and O–H groups in total. The van der Waals surface area contributed by atoms with E-state index in [9.17, 15) is 13.2 Å². The van der Waals surface area contributed by atoms with Gasteiger partial charge in [-0.15, -0.1) is 0 Å². The van der Waals surface area contributed by atoms with Crippen LogP contribution < -0.4 is 24.2 Å². The number of amides is 2. The maximum absolute atomic E-state index is 12.5. The van der Waals surface area contributed by atoms with E-state index in [2.05, 4.69) is 5.32 Å². The van der Waals surface area contributed by atoms with Crippen LogP contribution in [0.4, 0.5) is 10.5 Å². The van der Waals surface area contributed by atoms with Gasteiger partial charge in [0.25, 0.3) is 10.0 Å². The molecule has 8 nitrogen and oxygen atoms in total. The Labute approximate surface area is 156 Å². The molecule has 0 atom stereocenters. The Bertz CT molecular complexity index is 874. The fourth-order valence-electron chi connectivity index (χ4n) is 2.08. The summed E-state index contributed by atoms with van der Waals surface area (Å²) in [5.74, 6) is 0.523. The van der Waals surface area contributed by atoms with Crippen LogP contribution in [-0.2, 0) is 10.0 Å². The van der Waals surface area contributed by atoms with Crippen molar-refractivity contribution in [2.75, 3.05) is 26.6 Å². The van der Waals surface area contributed by atoms with Crippen LogP contribution in [0.2, 0.25) is 5.02 Å². The molecule has 140 valence electrons. The number of urea groups is 1. The van der Waals surface area contributed by atoms with Crippen LogP contribution in [0.1, 0.15) is 0 Å². The minimum absolute atomic E-state index is 0.144. The number of methoxy groups -OCH3 is 3. The fraction of sp³-hybridized carbons (Fsp3) is 0.188. The van der Waals surface area contributed by atoms with Gasteiger partial charge in [0, 0.05) is 22.8 Å². The normalized spacial score (nSPS) is 10.8. The number of benzene rings is 2. The Morgan fingerprint density at radius 1 is 0.962 bits per heavy atom. The zero-order chi connectivity index (χ0) is 19.3. The first-order valence-corrected chi connectivity index (χ1v) is 9.06. The highest BCUT2D eigenvalue weighted by atomic mass is 35.5. The molecule has 0 bridgehead atoms. The molecular formula is C16H17ClN2O6S. The van der Waals surface area contributed by atoms with Crippen LogP contribution in [0.5, 0.6) is 17.2 Å². The molecule has 0 aromatic heterocycles. The molecule has 0 aliphatic rings. The zero-order valence-corrected chi connectivity index (χ0v) is 15.8. The summed E-state index contributed by atoms with van der Waals surface area (Å²) < 4.78 is 42.2. The topological polar surface area (TPSA) is 103 Å². The van der Waals surface area contributed by atoms with Gasteiger partial charge in [-0.3, -0.25) is 0 Å². The van der Waals surface area contributed by atoms with E-state index in [1.165, 1.54) is 45.6 Å². The van der Waals surface area contributed by atoms with E-state index in [1.54, 1.807) is 12.1 Å². The largest absolute Gasteiger partial charge is 0.493 e. The number of hydrogen-bond donors (Lipinski definition) is 2. The van der Waals surface area contributed by atoms with Crippen molar-refractivity contribution in [2.24, 2.45) is 0 Å². The Morgan fingerprint density at radius 3 is 1.96 bits per heavy atom. The number of carbonyl (C=O) groups excluding carboxylic acids is 1. The third-order valence-electron chi connectivity index (χ3n) is 3.28. The average molecular weight is 401 g/mol. The van der Waals surface area contributed by atoms with E-state index in [1.807, 2.05) is 4.72 Å². The smallest absolute Gasteiger partial charge is 0.333 e. The van der Waals surface area contributed by atoms with Crippen LogP contribution in [0.25, 0.3) is 0 Å². The van der Waals surface area contributed by atoms with Gasteiger partial charge in [-0.1, -0.05) is 11.6 Å². The van der Waals surface area contributed by atoms with Crippen LogP contribution in [-0.4, -0.2) is 35.8 Å². The van der Waals surface area contributed by atoms with E-state index in [-0.39, 0.29) is 22.1 Å². The van der Waals surface area contributed by atoms with E-state index < -0.39 is 16.1 Å². The second-order valence-corrected chi connectivity index (χ2v) is 7.05. The van der Waals surface area contributed by atoms with Gasteiger partial charge in [-0.2, -0.15) is 0 Å². The fourth-order valence-corrected chi connectivity index (χ4v) is 3.15. The zero-order valence-electron chi connectivity index (χ0n) is 14.2. The number of ether oxygens (including phenoxy) is 3. The molecule has 2 amide bonds. The number of nitrogens with one attached hydrogen (secondary N) is 2. The highest BCUT2D eigenvalue weighted by Crippen LogP contribution is 2.39. The predicted octanol–water partition coefficient (Wildman–Crippen LogP) is 2.88. The molecule has 2 rings (SSSR count). The Balaban J connectivity index is 2.26. The molecule has 2 aromatic carbocycles. The van der Waals surface area contributed by atoms with E-state index in [4.69, 9.17) is 25.8 Å². The van der Waals surface area contributed by atoms with Crippen LogP contribution in [0.15, 0.2) is 41.3 Å². The maximum Gasteiger partial charge on any atom is 0.333 e. The lowest BCUT2D eigenvalue weighted by Crippen LogP contribution is -2.34. The van der Waals surface area contributed by atoms with Crippen molar-refractivity contribution in [1.82, 2.24) is 4.72 Å². The molecule has 0 aliphatic carbocycles. The van der Waals surface area contributed by atoms with Crippen molar-refractivity contribution in [3.05, 3.63) is 41.4 Å². The third-order valence-corrected chi connectivity index (χ3v) is 4.84. The van der Waals surface area contributed by atoms with E-state index >= 15 is 0 Å². The first-order chi connectivity index (χ1) is 12.3. The standard InChI is InChI=1S/C16H17ClN2O6S/c1-23-13-8-12(9-14(24-2)15(13)25-3)26(21,22)19-16(20)18-11-6-4-10(17)5-7-11/h4-9H,1-3H3,(H2,18,19,20). The Hall–Kier alpha value is -2.65. The number of carbonyl (C=O) groups is 1. The lowest BCUT2D eigenvalue weighted by atomic mass is 10.3. The monoisotopic (exact) mass is 400 g/mol. The predicted molar refractivity (Wildman–Crippen MR) is 96.9 cm³/mol. The summed E-state index contributed by atoms with van der Waals surface area (Å²) in [6.07, 6.45) is 0. The first-order valence-electron chi connectivity index (χ1n) is 7.20. The van der Waals surface area contributed by atoms with Gasteiger partial charge in [0.15, 0.2) is 11.5 Å². The minimum Gasteiger partial charge on any atom is -0.493 e. The molecule has 0 radical (unpaired) electrons. The van der Waals surface area contributed by atoms with Crippen LogP contribution in [0, 0.1) is 0 Å². The van der Waals surface area contributed by atoms with Crippen LogP contribution >= 0.6 is 11.6 Å². The van der Waals surface area contributed by atoms with Crippen molar-refractivity contribution in [1.29, 1.82) is 0 Å². The number of sulfonamides is 1. The first kappa shape index (κ1) is 19.7. The Kier molecular flexibility index (Phi) is 6.17. The molecule has 0 saturated carbocycles. The van der Waals surface area contributed by atoms with Gasteiger partial charge < -0.3 is 19.5 Å². The summed E-state index contributed by atoms with van der Waals surface area (Å²) in [6, 6.07) is 7.71. The van der Waals surface area contributed by atoms with Crippen molar-refractivity contribution in [3.63, 3.8) is 0 Å². The van der Waals surface area contributed by atoms with Crippen LogP contribution in [0.3, 0.4) is 0 Å². The SMILES string of the molecule is COc1cc(S(=O)(=O)NC(=O)Nc2ccc(Cl)cc2)cc(OC)c1OC. The maximum atomic E-state index is 12.5. The molecule has 0 aliphatic heterocycles. The molecule has 26 heavy (non-hydrogen) atoms. The number of halogens is 1. The quantitative estimate of drug-likeness (QED) is 0.772. The minimum atomic E-state index is -4.18. The summed E-state index contributed by atoms with van der Waals surface area (Å²) in [5.41, 5.74) is 0.381. The molecular weight excluding hydrogens is 384 g/mol. The van der Waals surface area contributed by atoms with Crippen molar-refractivity contribution in [3.8, 4) is 17.2 Å². The second kappa shape index (κ2) is 8.15. The summed E-state index contributed by atoms with van der Waals surface area (Å²) >= 11 is 5.76. The van der Waals surface area contributed by atoms with Gasteiger partial charge in [-0.05, 0) is 24.3 Å². The highest BCUT2D eigenvalue weighted by Gasteiger charge is 2.23. The van der Waals surface area contributed by atoms with Gasteiger partial charge in [0.2, 0.25) is 5.75 Å². The summed E-state index contributed by atoms with van der Waals surface area (Å²) in [4.78, 5) is 11.8. The Morgan fingerprint density at radius 2 is 1.50 bits per heavy atom. The lowest BCUT2D eigenvalue weighted by Gasteiger charge is -2.15. The molecule has 0 unspecified atom stereocenters. The van der Waals surface area contributed by atoms with Crippen molar-refractivity contribution >= 4 is 33.3 Å². The summed E-state index contributed by atoms with van der Waals surface area (Å²) in [6.45, 7) is 0. The summed E-state index contributed by atoms with van der Waals surface area (Å²) in [7, 11) is -0.0754. The molecule has 0 saturated heterocycles. The number of rotatable bonds is 6. The molecule has 0 fully saturated rings. The van der Waals surface area contributed by atoms with Gasteiger partial charge in [-0.25, -0.2) is 17.9 Å². The summed E-state index contributed by atoms with van der Waals surface area (Å²) in [5, 5.41) is 2.89. The lowest BCUT2D eigenvalue weighted by molar-refractivity contribution is 0.256. The molecule has 0 heterocycles. The van der Waals surface area contributed by atoms with Gasteiger partial charge in [0.05, 0.1) is 26.2 Å². The molecule has 2 aromatic rings. The van der Waals surface area contributed by atoms with E-state index in [0.717, 1.165) is 0 Å². The van der Waals surface area contributed by atoms with Crippen molar-refractivity contribution < 1.29 is 27.4 Å². The molecule has 10 heteroatoms. The second-order valence-electron chi connectivity index (χ2n) is 4.93. The third kappa shape index (κ3) is 4.50. The molecule has 0 spiro atoms. The number of anilines is 1. The highest BCUT2D eigenvalue weighted by molar-refractivity contribution is 7.90. The van der Waals surface area contributed by atoms with E-state index in [0.29, 0.717) is 10.7 Å². The van der Waals surface area contributed by atoms with Gasteiger partial charge >= 0.3 is 6.03 Å². The number of hydrogen-bond acceptors (Lipinski definition) is 6.